The second-order valence-electron chi connectivity index (χ2n) is 6.19. The van der Waals surface area contributed by atoms with Crippen molar-refractivity contribution in [2.75, 3.05) is 13.2 Å². The molecule has 0 amide bonds. The van der Waals surface area contributed by atoms with Crippen LogP contribution < -0.4 is 5.73 Å². The molecule has 2 aromatic carbocycles. The Morgan fingerprint density at radius 1 is 1.08 bits per heavy atom. The van der Waals surface area contributed by atoms with E-state index in [4.69, 9.17) is 14.9 Å². The van der Waals surface area contributed by atoms with E-state index in [1.807, 2.05) is 36.4 Å². The minimum atomic E-state index is 0. The lowest BCUT2D eigenvalue weighted by molar-refractivity contribution is 0.108. The van der Waals surface area contributed by atoms with Crippen LogP contribution in [0.5, 0.6) is 0 Å². The van der Waals surface area contributed by atoms with Gasteiger partial charge >= 0.3 is 0 Å². The molecule has 126 valence electrons. The first-order chi connectivity index (χ1) is 11.3. The molecule has 4 rings (SSSR count). The Kier molecular flexibility index (Phi) is 5.19. The second kappa shape index (κ2) is 7.34. The summed E-state index contributed by atoms with van der Waals surface area (Å²) in [7, 11) is 0. The molecule has 1 saturated carbocycles. The van der Waals surface area contributed by atoms with E-state index in [9.17, 15) is 0 Å². The van der Waals surface area contributed by atoms with E-state index in [1.165, 1.54) is 6.42 Å². The fraction of sp³-hybridized carbons (Fsp3) is 0.316. The number of hydrogen-bond donors (Lipinski definition) is 1. The summed E-state index contributed by atoms with van der Waals surface area (Å²) in [5.74, 6) is 2.00. The fourth-order valence-electron chi connectivity index (χ4n) is 2.87. The number of nitrogens with two attached hydrogens (primary N) is 1. The first kappa shape index (κ1) is 17.0. The number of nitrogens with zero attached hydrogens (tertiary/aromatic N) is 1. The van der Waals surface area contributed by atoms with Crippen molar-refractivity contribution in [2.45, 2.75) is 13.0 Å². The first-order valence-electron chi connectivity index (χ1n) is 8.06. The van der Waals surface area contributed by atoms with Crippen molar-refractivity contribution in [1.29, 1.82) is 0 Å². The Bertz CT molecular complexity index is 767. The van der Waals surface area contributed by atoms with Gasteiger partial charge in [-0.25, -0.2) is 4.98 Å². The van der Waals surface area contributed by atoms with Crippen molar-refractivity contribution in [1.82, 2.24) is 4.98 Å². The number of rotatable bonds is 6. The molecule has 2 unspecified atom stereocenters. The highest BCUT2D eigenvalue weighted by Gasteiger charge is 2.35. The van der Waals surface area contributed by atoms with Crippen molar-refractivity contribution in [3.05, 3.63) is 54.1 Å². The number of hydrogen-bond acceptors (Lipinski definition) is 4. The molecule has 0 saturated heterocycles. The number of halogens is 1. The summed E-state index contributed by atoms with van der Waals surface area (Å²) in [6, 6.07) is 16.0. The van der Waals surface area contributed by atoms with Crippen LogP contribution in [-0.2, 0) is 11.3 Å². The highest BCUT2D eigenvalue weighted by atomic mass is 35.5. The lowest BCUT2D eigenvalue weighted by Gasteiger charge is -2.04. The van der Waals surface area contributed by atoms with Crippen molar-refractivity contribution in [2.24, 2.45) is 17.6 Å². The van der Waals surface area contributed by atoms with E-state index in [2.05, 4.69) is 17.1 Å². The van der Waals surface area contributed by atoms with Crippen molar-refractivity contribution >= 4 is 23.5 Å². The van der Waals surface area contributed by atoms with E-state index in [0.29, 0.717) is 24.3 Å². The maximum absolute atomic E-state index is 5.78. The Hall–Kier alpha value is -1.88. The molecule has 1 heterocycles. The van der Waals surface area contributed by atoms with E-state index in [-0.39, 0.29) is 12.4 Å². The van der Waals surface area contributed by atoms with Gasteiger partial charge in [0.1, 0.15) is 5.52 Å². The molecule has 1 aromatic heterocycles. The third-order valence-electron chi connectivity index (χ3n) is 4.47. The Labute approximate surface area is 147 Å². The van der Waals surface area contributed by atoms with Gasteiger partial charge in [0.05, 0.1) is 13.2 Å². The number of fused-ring (bicyclic) bond motifs is 1. The molecule has 3 aromatic rings. The topological polar surface area (TPSA) is 61.3 Å². The van der Waals surface area contributed by atoms with Crippen molar-refractivity contribution in [3.8, 4) is 11.5 Å². The fourth-order valence-corrected chi connectivity index (χ4v) is 2.87. The third-order valence-corrected chi connectivity index (χ3v) is 4.47. The maximum Gasteiger partial charge on any atom is 0.227 e. The number of para-hydroxylation sites is 2. The predicted octanol–water partition coefficient (Wildman–Crippen LogP) is 4.03. The van der Waals surface area contributed by atoms with Gasteiger partial charge in [-0.3, -0.25) is 0 Å². The molecular formula is C19H21ClN2O2. The van der Waals surface area contributed by atoms with Crippen LogP contribution in [0.3, 0.4) is 0 Å². The summed E-state index contributed by atoms with van der Waals surface area (Å²) in [5, 5.41) is 0. The van der Waals surface area contributed by atoms with Crippen LogP contribution in [0.4, 0.5) is 0 Å². The zero-order valence-corrected chi connectivity index (χ0v) is 14.2. The Balaban J connectivity index is 0.00000169. The normalized spacial score (nSPS) is 19.2. The molecule has 2 N–H and O–H groups in total. The SMILES string of the molecule is Cl.NCC1CC1COCc1ccc(-c2nc3ccccc3o2)cc1. The van der Waals surface area contributed by atoms with Crippen LogP contribution in [0, 0.1) is 11.8 Å². The van der Waals surface area contributed by atoms with E-state index in [1.54, 1.807) is 0 Å². The average Bonchev–Trinajstić information content (AvgIpc) is 3.21. The van der Waals surface area contributed by atoms with Gasteiger partial charge in [0.2, 0.25) is 5.89 Å². The van der Waals surface area contributed by atoms with E-state index >= 15 is 0 Å². The standard InChI is InChI=1S/C19H20N2O2.ClH/c20-10-15-9-16(15)12-22-11-13-5-7-14(8-6-13)19-21-17-3-1-2-4-18(17)23-19;/h1-8,15-16H,9-12,20H2;1H. The van der Waals surface area contributed by atoms with Gasteiger partial charge in [-0.15, -0.1) is 12.4 Å². The summed E-state index contributed by atoms with van der Waals surface area (Å²) >= 11 is 0. The maximum atomic E-state index is 5.78. The quantitative estimate of drug-likeness (QED) is 0.733. The average molecular weight is 345 g/mol. The summed E-state index contributed by atoms with van der Waals surface area (Å²) in [5.41, 5.74) is 9.48. The molecule has 5 heteroatoms. The summed E-state index contributed by atoms with van der Waals surface area (Å²) in [6.07, 6.45) is 1.22. The van der Waals surface area contributed by atoms with Gasteiger partial charge in [0.15, 0.2) is 5.58 Å². The predicted molar refractivity (Wildman–Crippen MR) is 97.0 cm³/mol. The highest BCUT2D eigenvalue weighted by molar-refractivity contribution is 5.85. The largest absolute Gasteiger partial charge is 0.436 e. The lowest BCUT2D eigenvalue weighted by Crippen LogP contribution is -2.05. The van der Waals surface area contributed by atoms with E-state index in [0.717, 1.165) is 35.4 Å². The van der Waals surface area contributed by atoms with Crippen LogP contribution in [0.1, 0.15) is 12.0 Å². The Morgan fingerprint density at radius 2 is 1.88 bits per heavy atom. The van der Waals surface area contributed by atoms with E-state index < -0.39 is 0 Å². The van der Waals surface area contributed by atoms with Crippen molar-refractivity contribution in [3.63, 3.8) is 0 Å². The van der Waals surface area contributed by atoms with Gasteiger partial charge in [0.25, 0.3) is 0 Å². The monoisotopic (exact) mass is 344 g/mol. The second-order valence-corrected chi connectivity index (χ2v) is 6.19. The highest BCUT2D eigenvalue weighted by Crippen LogP contribution is 2.37. The first-order valence-corrected chi connectivity index (χ1v) is 8.06. The van der Waals surface area contributed by atoms with Crippen molar-refractivity contribution < 1.29 is 9.15 Å². The van der Waals surface area contributed by atoms with Gasteiger partial charge in [-0.2, -0.15) is 0 Å². The number of ether oxygens (including phenoxy) is 1. The summed E-state index contributed by atoms with van der Waals surface area (Å²) < 4.78 is 11.6. The van der Waals surface area contributed by atoms with Crippen LogP contribution >= 0.6 is 12.4 Å². The van der Waals surface area contributed by atoms with Crippen LogP contribution in [0.2, 0.25) is 0 Å². The Morgan fingerprint density at radius 3 is 2.58 bits per heavy atom. The zero-order chi connectivity index (χ0) is 15.6. The minimum absolute atomic E-state index is 0. The zero-order valence-electron chi connectivity index (χ0n) is 13.4. The molecule has 1 aliphatic carbocycles. The molecule has 0 bridgehead atoms. The van der Waals surface area contributed by atoms with Gasteiger partial charge in [-0.1, -0.05) is 24.3 Å². The number of oxazole rings is 1. The number of aromatic nitrogens is 1. The smallest absolute Gasteiger partial charge is 0.227 e. The molecule has 0 spiro atoms. The molecule has 24 heavy (non-hydrogen) atoms. The lowest BCUT2D eigenvalue weighted by atomic mass is 10.1. The third kappa shape index (κ3) is 3.61. The molecule has 1 aliphatic rings. The molecule has 2 atom stereocenters. The molecule has 0 radical (unpaired) electrons. The van der Waals surface area contributed by atoms with Gasteiger partial charge < -0.3 is 14.9 Å². The molecular weight excluding hydrogens is 324 g/mol. The summed E-state index contributed by atoms with van der Waals surface area (Å²) in [4.78, 5) is 4.51. The van der Waals surface area contributed by atoms with Gasteiger partial charge in [0, 0.05) is 5.56 Å². The van der Waals surface area contributed by atoms with Crippen LogP contribution in [-0.4, -0.2) is 18.1 Å². The number of benzene rings is 2. The van der Waals surface area contributed by atoms with Crippen LogP contribution in [0.25, 0.3) is 22.6 Å². The van der Waals surface area contributed by atoms with Gasteiger partial charge in [-0.05, 0) is 54.6 Å². The van der Waals surface area contributed by atoms with Crippen LogP contribution in [0.15, 0.2) is 52.9 Å². The molecule has 0 aliphatic heterocycles. The summed E-state index contributed by atoms with van der Waals surface area (Å²) in [6.45, 7) is 2.24. The molecule has 4 nitrogen and oxygen atoms in total. The molecule has 1 fully saturated rings. The minimum Gasteiger partial charge on any atom is -0.436 e.